The largest absolute Gasteiger partial charge is 0.334 e. The third-order valence-corrected chi connectivity index (χ3v) is 5.40. The van der Waals surface area contributed by atoms with Gasteiger partial charge in [0, 0.05) is 11.0 Å². The summed E-state index contributed by atoms with van der Waals surface area (Å²) in [5.41, 5.74) is 1.16. The maximum Gasteiger partial charge on any atom is 0.242 e. The van der Waals surface area contributed by atoms with Crippen molar-refractivity contribution < 1.29 is 9.59 Å². The van der Waals surface area contributed by atoms with E-state index in [0.29, 0.717) is 11.6 Å². The molecule has 2 aliphatic heterocycles. The van der Waals surface area contributed by atoms with Gasteiger partial charge >= 0.3 is 0 Å². The lowest BCUT2D eigenvalue weighted by molar-refractivity contribution is -0.138. The van der Waals surface area contributed by atoms with E-state index in [1.807, 2.05) is 17.0 Å². The van der Waals surface area contributed by atoms with Gasteiger partial charge in [-0.1, -0.05) is 28.1 Å². The van der Waals surface area contributed by atoms with Gasteiger partial charge < -0.3 is 9.80 Å². The normalized spacial score (nSPS) is 22.1. The van der Waals surface area contributed by atoms with Gasteiger partial charge in [-0.15, -0.1) is 11.8 Å². The van der Waals surface area contributed by atoms with E-state index < -0.39 is 0 Å². The monoisotopic (exact) mass is 368 g/mol. The van der Waals surface area contributed by atoms with Crippen LogP contribution in [0.25, 0.3) is 0 Å². The highest BCUT2D eigenvalue weighted by Crippen LogP contribution is 2.33. The average molecular weight is 369 g/mol. The van der Waals surface area contributed by atoms with E-state index in [9.17, 15) is 9.59 Å². The summed E-state index contributed by atoms with van der Waals surface area (Å²) in [7, 11) is 0. The van der Waals surface area contributed by atoms with Crippen molar-refractivity contribution in [2.75, 3.05) is 24.7 Å². The number of hydrogen-bond acceptors (Lipinski definition) is 3. The lowest BCUT2D eigenvalue weighted by Crippen LogP contribution is -2.40. The molecule has 112 valence electrons. The molecular formula is C15H17BrN2O2S. The molecule has 3 rings (SSSR count). The first kappa shape index (κ1) is 14.9. The van der Waals surface area contributed by atoms with Gasteiger partial charge in [0.15, 0.2) is 0 Å². The fourth-order valence-corrected chi connectivity index (χ4v) is 4.24. The van der Waals surface area contributed by atoms with Crippen LogP contribution in [-0.4, -0.2) is 46.3 Å². The molecule has 1 aromatic rings. The second kappa shape index (κ2) is 6.40. The van der Waals surface area contributed by atoms with Crippen LogP contribution in [0.2, 0.25) is 0 Å². The van der Waals surface area contributed by atoms with Crippen molar-refractivity contribution in [1.29, 1.82) is 0 Å². The summed E-state index contributed by atoms with van der Waals surface area (Å²) >= 11 is 5.06. The number of carbonyl (C=O) groups is 2. The maximum atomic E-state index is 12.5. The molecule has 0 bridgehead atoms. The molecule has 0 aliphatic carbocycles. The van der Waals surface area contributed by atoms with Crippen molar-refractivity contribution in [2.24, 2.45) is 0 Å². The minimum absolute atomic E-state index is 0.0633. The quantitative estimate of drug-likeness (QED) is 0.823. The van der Waals surface area contributed by atoms with Crippen molar-refractivity contribution >= 4 is 39.5 Å². The van der Waals surface area contributed by atoms with Crippen LogP contribution in [-0.2, 0) is 9.59 Å². The minimum Gasteiger partial charge on any atom is -0.334 e. The number of thioether (sulfide) groups is 1. The van der Waals surface area contributed by atoms with Crippen LogP contribution >= 0.6 is 27.7 Å². The Bertz CT molecular complexity index is 566. The molecule has 0 spiro atoms. The number of nitrogens with zero attached hydrogens (tertiary/aromatic N) is 2. The third kappa shape index (κ3) is 3.26. The Morgan fingerprint density at radius 2 is 2.29 bits per heavy atom. The van der Waals surface area contributed by atoms with Crippen LogP contribution < -0.4 is 0 Å². The number of halogens is 1. The van der Waals surface area contributed by atoms with Crippen molar-refractivity contribution in [2.45, 2.75) is 18.9 Å². The number of rotatable bonds is 3. The molecule has 6 heteroatoms. The molecule has 0 aromatic heterocycles. The number of likely N-dealkylation sites (tertiary alicyclic amines) is 1. The van der Waals surface area contributed by atoms with Gasteiger partial charge in [0.05, 0.1) is 17.7 Å². The van der Waals surface area contributed by atoms with Crippen LogP contribution in [0.3, 0.4) is 0 Å². The van der Waals surface area contributed by atoms with Gasteiger partial charge in [0.1, 0.15) is 6.54 Å². The summed E-state index contributed by atoms with van der Waals surface area (Å²) in [5.74, 6) is 1.28. The van der Waals surface area contributed by atoms with E-state index in [1.54, 1.807) is 16.7 Å². The van der Waals surface area contributed by atoms with Gasteiger partial charge in [-0.3, -0.25) is 9.59 Å². The summed E-state index contributed by atoms with van der Waals surface area (Å²) < 4.78 is 1.03. The fraction of sp³-hybridized carbons (Fsp3) is 0.467. The first-order chi connectivity index (χ1) is 10.1. The molecule has 2 saturated heterocycles. The van der Waals surface area contributed by atoms with E-state index in [0.717, 1.165) is 29.4 Å². The molecule has 2 amide bonds. The van der Waals surface area contributed by atoms with Gasteiger partial charge in [-0.25, -0.2) is 0 Å². The lowest BCUT2D eigenvalue weighted by Gasteiger charge is -2.27. The van der Waals surface area contributed by atoms with E-state index in [2.05, 4.69) is 28.1 Å². The molecule has 1 aromatic carbocycles. The first-order valence-electron chi connectivity index (χ1n) is 7.05. The Morgan fingerprint density at radius 1 is 1.43 bits per heavy atom. The van der Waals surface area contributed by atoms with E-state index >= 15 is 0 Å². The number of carbonyl (C=O) groups excluding carboxylic acids is 2. The number of benzene rings is 1. The average Bonchev–Trinajstić information content (AvgIpc) is 3.08. The summed E-state index contributed by atoms with van der Waals surface area (Å²) in [6.07, 6.45) is 2.01. The molecule has 2 aliphatic rings. The van der Waals surface area contributed by atoms with E-state index in [-0.39, 0.29) is 24.4 Å². The molecule has 2 fully saturated rings. The molecule has 21 heavy (non-hydrogen) atoms. The zero-order valence-corrected chi connectivity index (χ0v) is 14.0. The van der Waals surface area contributed by atoms with Gasteiger partial charge in [0.2, 0.25) is 11.8 Å². The van der Waals surface area contributed by atoms with Gasteiger partial charge in [-0.2, -0.15) is 0 Å². The number of amides is 2. The van der Waals surface area contributed by atoms with Crippen LogP contribution in [0, 0.1) is 0 Å². The second-order valence-electron chi connectivity index (χ2n) is 5.37. The topological polar surface area (TPSA) is 40.6 Å². The molecule has 1 atom stereocenters. The van der Waals surface area contributed by atoms with Crippen molar-refractivity contribution in [3.05, 3.63) is 34.3 Å². The Kier molecular flexibility index (Phi) is 4.54. The minimum atomic E-state index is 0.0633. The van der Waals surface area contributed by atoms with Crippen molar-refractivity contribution in [3.8, 4) is 0 Å². The molecule has 0 saturated carbocycles. The fourth-order valence-electron chi connectivity index (χ4n) is 2.92. The number of hydrogen-bond donors (Lipinski definition) is 0. The van der Waals surface area contributed by atoms with Gasteiger partial charge in [-0.05, 0) is 30.5 Å². The van der Waals surface area contributed by atoms with Gasteiger partial charge in [0.25, 0.3) is 0 Å². The Hall–Kier alpha value is -1.01. The summed E-state index contributed by atoms with van der Waals surface area (Å²) in [6.45, 7) is 1.00. The van der Waals surface area contributed by atoms with Crippen LogP contribution in [0.5, 0.6) is 0 Å². The maximum absolute atomic E-state index is 12.5. The zero-order chi connectivity index (χ0) is 14.8. The summed E-state index contributed by atoms with van der Waals surface area (Å²) in [4.78, 5) is 27.8. The summed E-state index contributed by atoms with van der Waals surface area (Å²) in [6, 6.07) is 8.27. The Labute approximate surface area is 137 Å². The highest BCUT2D eigenvalue weighted by atomic mass is 79.9. The molecule has 2 heterocycles. The molecule has 0 N–H and O–H groups in total. The second-order valence-corrected chi connectivity index (χ2v) is 7.24. The van der Waals surface area contributed by atoms with Crippen molar-refractivity contribution in [1.82, 2.24) is 9.80 Å². The first-order valence-corrected chi connectivity index (χ1v) is 9.00. The highest BCUT2D eigenvalue weighted by Gasteiger charge is 2.32. The van der Waals surface area contributed by atoms with Crippen LogP contribution in [0.1, 0.15) is 24.4 Å². The summed E-state index contributed by atoms with van der Waals surface area (Å²) in [5, 5.41) is 0. The molecule has 0 unspecified atom stereocenters. The molecular weight excluding hydrogens is 352 g/mol. The van der Waals surface area contributed by atoms with Crippen LogP contribution in [0.15, 0.2) is 28.7 Å². The standard InChI is InChI=1S/C15H17BrN2O2S/c16-12-4-1-3-11(7-12)13-5-2-6-18(13)14(19)8-17-10-21-9-15(17)20/h1,3-4,7,13H,2,5-6,8-10H2/t13-/m1/s1. The lowest BCUT2D eigenvalue weighted by atomic mass is 10.0. The molecule has 4 nitrogen and oxygen atoms in total. The highest BCUT2D eigenvalue weighted by molar-refractivity contribution is 9.10. The predicted molar refractivity (Wildman–Crippen MR) is 86.9 cm³/mol. The van der Waals surface area contributed by atoms with Crippen molar-refractivity contribution in [3.63, 3.8) is 0 Å². The SMILES string of the molecule is O=C1CSCN1CC(=O)N1CCC[C@@H]1c1cccc(Br)c1. The van der Waals surface area contributed by atoms with E-state index in [1.165, 1.54) is 0 Å². The van der Waals surface area contributed by atoms with E-state index in [4.69, 9.17) is 0 Å². The van der Waals surface area contributed by atoms with Crippen LogP contribution in [0.4, 0.5) is 0 Å². The predicted octanol–water partition coefficient (Wildman–Crippen LogP) is 2.65. The zero-order valence-electron chi connectivity index (χ0n) is 11.6. The smallest absolute Gasteiger partial charge is 0.242 e. The third-order valence-electron chi connectivity index (χ3n) is 3.96. The Balaban J connectivity index is 1.71. The molecule has 0 radical (unpaired) electrons. The Morgan fingerprint density at radius 3 is 3.00 bits per heavy atom.